The first-order valence-electron chi connectivity index (χ1n) is 5.69. The highest BCUT2D eigenvalue weighted by molar-refractivity contribution is 5.78. The molecular formula is C11H23N3. The lowest BCUT2D eigenvalue weighted by atomic mass is 10.0. The minimum Gasteiger partial charge on any atom is -0.370 e. The van der Waals surface area contributed by atoms with Crippen molar-refractivity contribution < 1.29 is 0 Å². The van der Waals surface area contributed by atoms with E-state index < -0.39 is 0 Å². The fourth-order valence-corrected chi connectivity index (χ4v) is 2.10. The summed E-state index contributed by atoms with van der Waals surface area (Å²) in [5.74, 6) is 1.35. The second-order valence-electron chi connectivity index (χ2n) is 4.60. The number of guanidine groups is 1. The Bertz CT molecular complexity index is 193. The van der Waals surface area contributed by atoms with Gasteiger partial charge in [0.15, 0.2) is 5.96 Å². The summed E-state index contributed by atoms with van der Waals surface area (Å²) in [7, 11) is 0. The molecule has 3 nitrogen and oxygen atoms in total. The highest BCUT2D eigenvalue weighted by Gasteiger charge is 2.21. The van der Waals surface area contributed by atoms with Gasteiger partial charge in [0, 0.05) is 6.04 Å². The molecule has 0 aromatic rings. The largest absolute Gasteiger partial charge is 0.370 e. The molecule has 1 fully saturated rings. The lowest BCUT2D eigenvalue weighted by Crippen LogP contribution is -2.38. The van der Waals surface area contributed by atoms with E-state index in [0.717, 1.165) is 5.92 Å². The zero-order chi connectivity index (χ0) is 10.6. The van der Waals surface area contributed by atoms with Gasteiger partial charge in [0.05, 0.1) is 6.04 Å². The molecule has 0 spiro atoms. The van der Waals surface area contributed by atoms with Crippen LogP contribution in [-0.4, -0.2) is 18.0 Å². The molecule has 0 amide bonds. The van der Waals surface area contributed by atoms with E-state index >= 15 is 0 Å². The van der Waals surface area contributed by atoms with E-state index in [2.05, 4.69) is 31.1 Å². The Morgan fingerprint density at radius 2 is 1.86 bits per heavy atom. The van der Waals surface area contributed by atoms with Gasteiger partial charge in [0.25, 0.3) is 0 Å². The Balaban J connectivity index is 2.39. The van der Waals surface area contributed by atoms with Crippen molar-refractivity contribution in [1.82, 2.24) is 5.32 Å². The van der Waals surface area contributed by atoms with Crippen molar-refractivity contribution in [1.29, 1.82) is 0 Å². The summed E-state index contributed by atoms with van der Waals surface area (Å²) in [4.78, 5) is 4.48. The van der Waals surface area contributed by atoms with Crippen LogP contribution in [0.1, 0.15) is 46.5 Å². The van der Waals surface area contributed by atoms with Gasteiger partial charge in [-0.25, -0.2) is 0 Å². The van der Waals surface area contributed by atoms with Crippen LogP contribution >= 0.6 is 0 Å². The Labute approximate surface area is 87.2 Å². The van der Waals surface area contributed by atoms with Crippen LogP contribution in [0.4, 0.5) is 0 Å². The Hall–Kier alpha value is -0.730. The minimum absolute atomic E-state index is 0.370. The minimum atomic E-state index is 0.370. The lowest BCUT2D eigenvalue weighted by Gasteiger charge is -2.16. The molecule has 1 unspecified atom stereocenters. The average molecular weight is 197 g/mol. The standard InChI is InChI=1S/C11H23N3/c1-8(2)13-11(12)14-9(3)10-6-4-5-7-10/h8-10H,4-7H2,1-3H3,(H3,12,13,14). The maximum Gasteiger partial charge on any atom is 0.189 e. The number of aliphatic imine (C=N–C) groups is 1. The second kappa shape index (κ2) is 5.23. The van der Waals surface area contributed by atoms with Gasteiger partial charge in [-0.1, -0.05) is 12.8 Å². The van der Waals surface area contributed by atoms with Crippen molar-refractivity contribution in [2.75, 3.05) is 0 Å². The van der Waals surface area contributed by atoms with Crippen LogP contribution in [0.15, 0.2) is 4.99 Å². The predicted molar refractivity (Wildman–Crippen MR) is 61.3 cm³/mol. The number of nitrogens with two attached hydrogens (primary N) is 1. The lowest BCUT2D eigenvalue weighted by molar-refractivity contribution is 0.458. The summed E-state index contributed by atoms with van der Waals surface area (Å²) in [5, 5.41) is 3.12. The molecule has 14 heavy (non-hydrogen) atoms. The Morgan fingerprint density at radius 1 is 1.29 bits per heavy atom. The molecule has 1 aliphatic carbocycles. The monoisotopic (exact) mass is 197 g/mol. The van der Waals surface area contributed by atoms with Crippen molar-refractivity contribution in [2.24, 2.45) is 16.6 Å². The summed E-state index contributed by atoms with van der Waals surface area (Å²) in [5.41, 5.74) is 5.78. The van der Waals surface area contributed by atoms with Gasteiger partial charge in [-0.05, 0) is 39.5 Å². The Morgan fingerprint density at radius 3 is 2.36 bits per heavy atom. The molecule has 0 heterocycles. The molecule has 0 aromatic carbocycles. The molecule has 82 valence electrons. The van der Waals surface area contributed by atoms with Crippen LogP contribution in [0.5, 0.6) is 0 Å². The maximum atomic E-state index is 5.78. The van der Waals surface area contributed by atoms with Crippen LogP contribution in [0.2, 0.25) is 0 Å². The van der Waals surface area contributed by atoms with Gasteiger partial charge in [0.2, 0.25) is 0 Å². The fourth-order valence-electron chi connectivity index (χ4n) is 2.10. The third-order valence-corrected chi connectivity index (χ3v) is 2.86. The molecule has 3 heteroatoms. The highest BCUT2D eigenvalue weighted by atomic mass is 15.1. The number of nitrogens with one attached hydrogen (secondary N) is 1. The molecule has 1 aliphatic rings. The van der Waals surface area contributed by atoms with Crippen LogP contribution in [0.25, 0.3) is 0 Å². The number of rotatable bonds is 3. The third kappa shape index (κ3) is 3.56. The van der Waals surface area contributed by atoms with Gasteiger partial charge >= 0.3 is 0 Å². The fraction of sp³-hybridized carbons (Fsp3) is 0.909. The van der Waals surface area contributed by atoms with E-state index in [1.807, 2.05) is 0 Å². The predicted octanol–water partition coefficient (Wildman–Crippen LogP) is 1.88. The first kappa shape index (κ1) is 11.3. The summed E-state index contributed by atoms with van der Waals surface area (Å²) in [6.07, 6.45) is 5.36. The van der Waals surface area contributed by atoms with Crippen LogP contribution < -0.4 is 11.1 Å². The van der Waals surface area contributed by atoms with Crippen molar-refractivity contribution in [3.8, 4) is 0 Å². The van der Waals surface area contributed by atoms with Gasteiger partial charge in [0.1, 0.15) is 0 Å². The highest BCUT2D eigenvalue weighted by Crippen LogP contribution is 2.28. The third-order valence-electron chi connectivity index (χ3n) is 2.86. The molecule has 0 aromatic heterocycles. The van der Waals surface area contributed by atoms with Gasteiger partial charge in [-0.3, -0.25) is 4.99 Å². The van der Waals surface area contributed by atoms with E-state index in [-0.39, 0.29) is 0 Å². The van der Waals surface area contributed by atoms with E-state index in [1.165, 1.54) is 25.7 Å². The molecule has 0 aliphatic heterocycles. The van der Waals surface area contributed by atoms with Crippen LogP contribution in [0, 0.1) is 5.92 Å². The van der Waals surface area contributed by atoms with Crippen molar-refractivity contribution >= 4 is 5.96 Å². The molecule has 0 saturated heterocycles. The number of hydrogen-bond acceptors (Lipinski definition) is 1. The van der Waals surface area contributed by atoms with Gasteiger partial charge < -0.3 is 11.1 Å². The SMILES string of the molecule is CC(C)NC(N)=NC(C)C1CCCC1. The zero-order valence-corrected chi connectivity index (χ0v) is 9.59. The first-order chi connectivity index (χ1) is 6.59. The number of hydrogen-bond donors (Lipinski definition) is 2. The maximum absolute atomic E-state index is 5.78. The van der Waals surface area contributed by atoms with Gasteiger partial charge in [-0.2, -0.15) is 0 Å². The van der Waals surface area contributed by atoms with Crippen molar-refractivity contribution in [2.45, 2.75) is 58.5 Å². The second-order valence-corrected chi connectivity index (χ2v) is 4.60. The summed E-state index contributed by atoms with van der Waals surface area (Å²) >= 11 is 0. The molecular weight excluding hydrogens is 174 g/mol. The zero-order valence-electron chi connectivity index (χ0n) is 9.59. The molecule has 0 bridgehead atoms. The van der Waals surface area contributed by atoms with E-state index in [0.29, 0.717) is 18.0 Å². The topological polar surface area (TPSA) is 50.4 Å². The molecule has 1 atom stereocenters. The smallest absolute Gasteiger partial charge is 0.189 e. The molecule has 1 rings (SSSR count). The molecule has 1 saturated carbocycles. The van der Waals surface area contributed by atoms with Crippen LogP contribution in [-0.2, 0) is 0 Å². The molecule has 0 radical (unpaired) electrons. The summed E-state index contributed by atoms with van der Waals surface area (Å²) in [6, 6.07) is 0.748. The first-order valence-corrected chi connectivity index (χ1v) is 5.69. The summed E-state index contributed by atoms with van der Waals surface area (Å²) in [6.45, 7) is 6.32. The molecule has 3 N–H and O–H groups in total. The quantitative estimate of drug-likeness (QED) is 0.536. The summed E-state index contributed by atoms with van der Waals surface area (Å²) < 4.78 is 0. The van der Waals surface area contributed by atoms with E-state index in [4.69, 9.17) is 5.73 Å². The van der Waals surface area contributed by atoms with Crippen molar-refractivity contribution in [3.05, 3.63) is 0 Å². The van der Waals surface area contributed by atoms with E-state index in [9.17, 15) is 0 Å². The van der Waals surface area contributed by atoms with Gasteiger partial charge in [-0.15, -0.1) is 0 Å². The van der Waals surface area contributed by atoms with Crippen LogP contribution in [0.3, 0.4) is 0 Å². The average Bonchev–Trinajstić information content (AvgIpc) is 2.53. The van der Waals surface area contributed by atoms with E-state index in [1.54, 1.807) is 0 Å². The van der Waals surface area contributed by atoms with Crippen molar-refractivity contribution in [3.63, 3.8) is 0 Å². The normalized spacial score (nSPS) is 21.6. The number of nitrogens with zero attached hydrogens (tertiary/aromatic N) is 1. The Kier molecular flexibility index (Phi) is 4.23.